The molecule has 0 N–H and O–H groups in total. The largest absolute Gasteiger partial charge is 0.549 e. The summed E-state index contributed by atoms with van der Waals surface area (Å²) in [5, 5.41) is 23.8. The first-order valence-corrected chi connectivity index (χ1v) is 9.89. The number of aliphatic carboxylic acids is 1. The van der Waals surface area contributed by atoms with Crippen LogP contribution in [0.2, 0.25) is 0 Å². The highest BCUT2D eigenvalue weighted by molar-refractivity contribution is 7.99. The molecule has 1 aliphatic rings. The van der Waals surface area contributed by atoms with Crippen LogP contribution in [0.15, 0.2) is 34.5 Å². The van der Waals surface area contributed by atoms with Gasteiger partial charge in [0.05, 0.1) is 12.2 Å². The van der Waals surface area contributed by atoms with Crippen molar-refractivity contribution in [1.29, 1.82) is 0 Å². The molecule has 0 aliphatic heterocycles. The first-order valence-electron chi connectivity index (χ1n) is 8.90. The molecule has 2 aromatic rings. The lowest BCUT2D eigenvalue weighted by Gasteiger charge is -2.20. The number of thioether (sulfide) groups is 1. The summed E-state index contributed by atoms with van der Waals surface area (Å²) in [6.45, 7) is -2.95. The molecule has 7 nitrogen and oxygen atoms in total. The van der Waals surface area contributed by atoms with Crippen molar-refractivity contribution >= 4 is 23.9 Å². The third-order valence-corrected chi connectivity index (χ3v) is 5.27. The zero-order valence-corrected chi connectivity index (χ0v) is 15.8. The lowest BCUT2D eigenvalue weighted by Crippen LogP contribution is -2.24. The molecule has 1 aliphatic carbocycles. The van der Waals surface area contributed by atoms with Gasteiger partial charge in [0, 0.05) is 17.2 Å². The van der Waals surface area contributed by atoms with E-state index in [0.29, 0.717) is 16.5 Å². The zero-order valence-electron chi connectivity index (χ0n) is 15.0. The fraction of sp³-hybridized carbons (Fsp3) is 0.444. The van der Waals surface area contributed by atoms with Crippen molar-refractivity contribution in [3.05, 3.63) is 35.7 Å². The minimum atomic E-state index is -2.95. The summed E-state index contributed by atoms with van der Waals surface area (Å²) < 4.78 is 31.2. The predicted octanol–water partition coefficient (Wildman–Crippen LogP) is 2.65. The lowest BCUT2D eigenvalue weighted by atomic mass is 9.89. The van der Waals surface area contributed by atoms with Gasteiger partial charge in [-0.05, 0) is 25.0 Å². The average molecular weight is 409 g/mol. The van der Waals surface area contributed by atoms with E-state index >= 15 is 0 Å². The molecule has 1 fully saturated rings. The third-order valence-electron chi connectivity index (χ3n) is 4.37. The van der Waals surface area contributed by atoms with Gasteiger partial charge >= 0.3 is 6.61 Å². The van der Waals surface area contributed by atoms with Crippen molar-refractivity contribution in [2.24, 2.45) is 5.10 Å². The molecule has 150 valence electrons. The Kier molecular flexibility index (Phi) is 6.96. The molecule has 0 atom stereocenters. The smallest absolute Gasteiger partial charge is 0.387 e. The van der Waals surface area contributed by atoms with Crippen LogP contribution in [0.1, 0.15) is 49.4 Å². The Bertz CT molecular complexity index is 838. The number of alkyl halides is 2. The predicted molar refractivity (Wildman–Crippen MR) is 97.6 cm³/mol. The second kappa shape index (κ2) is 9.63. The van der Waals surface area contributed by atoms with Crippen molar-refractivity contribution < 1.29 is 23.4 Å². The molecule has 0 spiro atoms. The highest BCUT2D eigenvalue weighted by Gasteiger charge is 2.23. The quantitative estimate of drug-likeness (QED) is 0.492. The van der Waals surface area contributed by atoms with E-state index in [1.54, 1.807) is 18.2 Å². The first kappa shape index (κ1) is 20.2. The number of benzene rings is 1. The molecule has 0 unspecified atom stereocenters. The summed E-state index contributed by atoms with van der Waals surface area (Å²) in [5.74, 6) is -0.702. The number of rotatable bonds is 8. The van der Waals surface area contributed by atoms with E-state index in [4.69, 9.17) is 0 Å². The molecule has 1 heterocycles. The van der Waals surface area contributed by atoms with Crippen LogP contribution in [0.5, 0.6) is 5.75 Å². The molecule has 10 heteroatoms. The summed E-state index contributed by atoms with van der Waals surface area (Å²) in [4.78, 5) is 10.8. The Hall–Kier alpha value is -2.49. The van der Waals surface area contributed by atoms with Crippen molar-refractivity contribution in [2.75, 3.05) is 5.75 Å². The van der Waals surface area contributed by atoms with E-state index in [1.807, 2.05) is 0 Å². The molecule has 0 saturated heterocycles. The van der Waals surface area contributed by atoms with Crippen LogP contribution in [-0.4, -0.2) is 39.4 Å². The van der Waals surface area contributed by atoms with Gasteiger partial charge in [-0.2, -0.15) is 18.6 Å². The van der Waals surface area contributed by atoms with Crippen LogP contribution in [-0.2, 0) is 4.79 Å². The topological polar surface area (TPSA) is 92.4 Å². The first-order chi connectivity index (χ1) is 13.5. The second-order valence-corrected chi connectivity index (χ2v) is 7.25. The lowest BCUT2D eigenvalue weighted by molar-refractivity contribution is -0.301. The maximum absolute atomic E-state index is 12.6. The summed E-state index contributed by atoms with van der Waals surface area (Å²) in [5.41, 5.74) is 0.363. The zero-order chi connectivity index (χ0) is 19.9. The Morgan fingerprint density at radius 2 is 2.07 bits per heavy atom. The van der Waals surface area contributed by atoms with Crippen LogP contribution in [0.3, 0.4) is 0 Å². The minimum absolute atomic E-state index is 0.00233. The van der Waals surface area contributed by atoms with E-state index in [9.17, 15) is 18.7 Å². The van der Waals surface area contributed by atoms with Gasteiger partial charge in [-0.3, -0.25) is 0 Å². The van der Waals surface area contributed by atoms with E-state index in [-0.39, 0.29) is 17.4 Å². The van der Waals surface area contributed by atoms with Gasteiger partial charge in [0.25, 0.3) is 0 Å². The molecule has 28 heavy (non-hydrogen) atoms. The van der Waals surface area contributed by atoms with Crippen molar-refractivity contribution in [3.8, 4) is 5.75 Å². The fourth-order valence-corrected chi connectivity index (χ4v) is 3.73. The normalized spacial score (nSPS) is 15.4. The number of carboxylic acid groups (broad SMARTS) is 1. The summed E-state index contributed by atoms with van der Waals surface area (Å²) in [6, 6.07) is 6.29. The van der Waals surface area contributed by atoms with Crippen molar-refractivity contribution in [2.45, 2.75) is 49.8 Å². The van der Waals surface area contributed by atoms with Crippen LogP contribution < -0.4 is 9.84 Å². The molecule has 1 aromatic heterocycles. The van der Waals surface area contributed by atoms with Gasteiger partial charge in [-0.15, -0.1) is 10.2 Å². The maximum Gasteiger partial charge on any atom is 0.387 e. The summed E-state index contributed by atoms with van der Waals surface area (Å²) in [6.07, 6.45) is 6.60. The van der Waals surface area contributed by atoms with Gasteiger partial charge in [-0.25, -0.2) is 0 Å². The second-order valence-electron chi connectivity index (χ2n) is 6.31. The fourth-order valence-electron chi connectivity index (χ4n) is 3.12. The molecular formula is C18H19F2N4O3S-. The summed E-state index contributed by atoms with van der Waals surface area (Å²) in [7, 11) is 0. The maximum atomic E-state index is 12.6. The minimum Gasteiger partial charge on any atom is -0.549 e. The van der Waals surface area contributed by atoms with Crippen LogP contribution >= 0.6 is 11.8 Å². The van der Waals surface area contributed by atoms with Gasteiger partial charge in [0.2, 0.25) is 5.16 Å². The molecule has 3 rings (SSSR count). The molecule has 0 amide bonds. The van der Waals surface area contributed by atoms with Gasteiger partial charge in [0.15, 0.2) is 5.82 Å². The van der Waals surface area contributed by atoms with Crippen LogP contribution in [0.4, 0.5) is 8.78 Å². The molecular weight excluding hydrogens is 390 g/mol. The Balaban J connectivity index is 1.91. The highest BCUT2D eigenvalue weighted by Crippen LogP contribution is 2.33. The van der Waals surface area contributed by atoms with E-state index in [1.165, 1.54) is 23.4 Å². The van der Waals surface area contributed by atoms with Crippen molar-refractivity contribution in [3.63, 3.8) is 0 Å². The number of nitrogens with zero attached hydrogens (tertiary/aromatic N) is 4. The Labute approximate surface area is 164 Å². The summed E-state index contributed by atoms with van der Waals surface area (Å²) >= 11 is 0.952. The highest BCUT2D eigenvalue weighted by atomic mass is 32.2. The SMILES string of the molecule is O=C([O-])CSc1nnc(C2CCCCC2)n1/N=C\c1ccccc1OC(F)F. The third kappa shape index (κ3) is 5.28. The molecule has 1 aromatic carbocycles. The monoisotopic (exact) mass is 409 g/mol. The number of hydrogen-bond acceptors (Lipinski definition) is 7. The van der Waals surface area contributed by atoms with Gasteiger partial charge < -0.3 is 14.6 Å². The number of aromatic nitrogens is 3. The number of para-hydroxylation sites is 1. The average Bonchev–Trinajstić information content (AvgIpc) is 3.09. The molecule has 0 bridgehead atoms. The number of ether oxygens (including phenoxy) is 1. The molecule has 0 radical (unpaired) electrons. The van der Waals surface area contributed by atoms with E-state index < -0.39 is 12.6 Å². The number of carbonyl (C=O) groups is 1. The van der Waals surface area contributed by atoms with Crippen LogP contribution in [0.25, 0.3) is 0 Å². The Morgan fingerprint density at radius 3 is 2.79 bits per heavy atom. The van der Waals surface area contributed by atoms with Gasteiger partial charge in [-0.1, -0.05) is 43.2 Å². The van der Waals surface area contributed by atoms with E-state index in [0.717, 1.165) is 37.4 Å². The number of halogens is 2. The molecule has 1 saturated carbocycles. The van der Waals surface area contributed by atoms with E-state index in [2.05, 4.69) is 20.0 Å². The Morgan fingerprint density at radius 1 is 1.32 bits per heavy atom. The standard InChI is InChI=1S/C18H20F2N4O3S/c19-17(20)27-14-9-5-4-8-13(14)10-21-24-16(12-6-2-1-3-7-12)22-23-18(24)28-11-15(25)26/h4-5,8-10,12,17H,1-3,6-7,11H2,(H,25,26)/p-1/b21-10-. The number of hydrogen-bond donors (Lipinski definition) is 0. The van der Waals surface area contributed by atoms with Crippen LogP contribution in [0, 0.1) is 0 Å². The van der Waals surface area contributed by atoms with Crippen molar-refractivity contribution in [1.82, 2.24) is 14.9 Å². The number of carbonyl (C=O) groups excluding carboxylic acids is 1. The van der Waals surface area contributed by atoms with Gasteiger partial charge in [0.1, 0.15) is 5.75 Å². The number of carboxylic acids is 1.